The SMILES string of the molecule is CN1CCC2(CC1)CC(S(=O)(=O)c1c(Cl)ccc(N)c1O)C2.CN1CCC2(CC1)CC(S(=O)(=O)c1c(Cl)ccc3nc(C(C)(C)C)oc13)C2. The lowest BCUT2D eigenvalue weighted by Gasteiger charge is -2.51. The van der Waals surface area contributed by atoms with Gasteiger partial charge in [-0.15, -0.1) is 0 Å². The van der Waals surface area contributed by atoms with Gasteiger partial charge in [0.15, 0.2) is 31.0 Å². The van der Waals surface area contributed by atoms with E-state index in [1.807, 2.05) is 20.8 Å². The maximum absolute atomic E-state index is 13.4. The molecule has 3 N–H and O–H groups in total. The van der Waals surface area contributed by atoms with Crippen molar-refractivity contribution in [3.8, 4) is 5.75 Å². The third-order valence-corrected chi connectivity index (χ3v) is 16.6. The van der Waals surface area contributed by atoms with Crippen LogP contribution in [0.25, 0.3) is 11.1 Å². The molecule has 2 aromatic carbocycles. The summed E-state index contributed by atoms with van der Waals surface area (Å²) in [5, 5.41) is 9.43. The Morgan fingerprint density at radius 1 is 0.796 bits per heavy atom. The lowest BCUT2D eigenvalue weighted by atomic mass is 9.63. The van der Waals surface area contributed by atoms with E-state index in [1.165, 1.54) is 12.1 Å². The predicted molar refractivity (Wildman–Crippen MR) is 194 cm³/mol. The summed E-state index contributed by atoms with van der Waals surface area (Å²) >= 11 is 12.4. The van der Waals surface area contributed by atoms with Gasteiger partial charge in [0.1, 0.15) is 15.3 Å². The number of nitrogens with two attached hydrogens (primary N) is 1. The van der Waals surface area contributed by atoms with Crippen molar-refractivity contribution >= 4 is 59.7 Å². The third kappa shape index (κ3) is 6.82. The molecule has 4 fully saturated rings. The maximum atomic E-state index is 13.4. The summed E-state index contributed by atoms with van der Waals surface area (Å²) in [6.07, 6.45) is 6.94. The largest absolute Gasteiger partial charge is 0.504 e. The molecule has 0 unspecified atom stereocenters. The van der Waals surface area contributed by atoms with Crippen molar-refractivity contribution in [2.45, 2.75) is 97.8 Å². The van der Waals surface area contributed by atoms with E-state index in [0.29, 0.717) is 29.8 Å². The summed E-state index contributed by atoms with van der Waals surface area (Å²) in [7, 11) is -3.00. The summed E-state index contributed by atoms with van der Waals surface area (Å²) in [5.74, 6) is 0.105. The fraction of sp³-hybridized carbons (Fsp3) is 0.629. The van der Waals surface area contributed by atoms with E-state index in [9.17, 15) is 21.9 Å². The van der Waals surface area contributed by atoms with Crippen LogP contribution in [0.5, 0.6) is 5.75 Å². The first-order valence-corrected chi connectivity index (χ1v) is 20.8. The minimum atomic E-state index is -3.65. The van der Waals surface area contributed by atoms with Crippen molar-refractivity contribution in [2.75, 3.05) is 46.0 Å². The van der Waals surface area contributed by atoms with Gasteiger partial charge in [-0.1, -0.05) is 44.0 Å². The average Bonchev–Trinajstić information content (AvgIpc) is 3.43. The molecule has 0 radical (unpaired) electrons. The number of halogens is 2. The minimum Gasteiger partial charge on any atom is -0.504 e. The second-order valence-corrected chi connectivity index (χ2v) is 21.2. The van der Waals surface area contributed by atoms with Crippen LogP contribution in [-0.4, -0.2) is 87.5 Å². The van der Waals surface area contributed by atoms with Gasteiger partial charge in [-0.2, -0.15) is 0 Å². The number of aromatic hydroxyl groups is 1. The number of phenolic OH excluding ortho intramolecular Hbond substituents is 1. The standard InChI is InChI=1S/C20H27ClN2O3S.C15H21ClN2O3S/c1-19(2,3)18-22-15-6-5-14(21)17(16(15)26-18)27(24,25)13-11-20(12-13)7-9-23(4)10-8-20;1-18-6-4-15(5-7-18)8-10(9-15)22(20,21)14-11(16)2-3-12(17)13(14)19/h5-6,13H,7-12H2,1-4H3;2-3,10,19H,4-9,17H2,1H3. The van der Waals surface area contributed by atoms with Crippen molar-refractivity contribution in [1.82, 2.24) is 14.8 Å². The highest BCUT2D eigenvalue weighted by Gasteiger charge is 2.53. The molecule has 0 bridgehead atoms. The first-order valence-electron chi connectivity index (χ1n) is 17.0. The van der Waals surface area contributed by atoms with E-state index >= 15 is 0 Å². The Kier molecular flexibility index (Phi) is 9.62. The molecule has 14 heteroatoms. The number of aromatic nitrogens is 1. The average molecular weight is 756 g/mol. The molecule has 0 atom stereocenters. The van der Waals surface area contributed by atoms with E-state index in [4.69, 9.17) is 33.4 Å². The predicted octanol–water partition coefficient (Wildman–Crippen LogP) is 6.70. The molecule has 4 aliphatic rings. The number of nitrogens with zero attached hydrogens (tertiary/aromatic N) is 3. The number of anilines is 1. The van der Waals surface area contributed by atoms with Crippen LogP contribution in [0.15, 0.2) is 38.5 Å². The van der Waals surface area contributed by atoms with Crippen LogP contribution in [0.4, 0.5) is 5.69 Å². The van der Waals surface area contributed by atoms with Gasteiger partial charge in [0.2, 0.25) is 5.89 Å². The topological polar surface area (TPSA) is 147 Å². The Bertz CT molecular complexity index is 1940. The molecule has 1 aromatic heterocycles. The highest BCUT2D eigenvalue weighted by Crippen LogP contribution is 2.55. The van der Waals surface area contributed by atoms with Crippen LogP contribution >= 0.6 is 23.2 Å². The number of hydrogen-bond acceptors (Lipinski definition) is 10. The second kappa shape index (κ2) is 12.8. The molecule has 2 aliphatic carbocycles. The van der Waals surface area contributed by atoms with Gasteiger partial charge in [0.25, 0.3) is 0 Å². The summed E-state index contributed by atoms with van der Waals surface area (Å²) in [6, 6.07) is 6.19. The van der Waals surface area contributed by atoms with Gasteiger partial charge in [-0.3, -0.25) is 0 Å². The molecule has 0 amide bonds. The van der Waals surface area contributed by atoms with Gasteiger partial charge in [0, 0.05) is 5.41 Å². The normalized spacial score (nSPS) is 22.1. The molecule has 3 aromatic rings. The van der Waals surface area contributed by atoms with Crippen LogP contribution in [-0.2, 0) is 25.1 Å². The van der Waals surface area contributed by atoms with Crippen LogP contribution in [0.3, 0.4) is 0 Å². The van der Waals surface area contributed by atoms with Gasteiger partial charge < -0.3 is 25.1 Å². The van der Waals surface area contributed by atoms with Crippen molar-refractivity contribution in [3.05, 3.63) is 40.2 Å². The quantitative estimate of drug-likeness (QED) is 0.218. The number of hydrogen-bond donors (Lipinski definition) is 2. The van der Waals surface area contributed by atoms with E-state index < -0.39 is 30.7 Å². The summed E-state index contributed by atoms with van der Waals surface area (Å²) in [6.45, 7) is 10.1. The van der Waals surface area contributed by atoms with Crippen molar-refractivity contribution in [2.24, 2.45) is 10.8 Å². The van der Waals surface area contributed by atoms with Crippen LogP contribution in [0, 0.1) is 10.8 Å². The molecular weight excluding hydrogens is 707 g/mol. The Labute approximate surface area is 300 Å². The smallest absolute Gasteiger partial charge is 0.200 e. The fourth-order valence-corrected chi connectivity index (χ4v) is 13.3. The van der Waals surface area contributed by atoms with Crippen LogP contribution in [0.2, 0.25) is 10.0 Å². The first-order chi connectivity index (χ1) is 22.8. The molecule has 49 heavy (non-hydrogen) atoms. The summed E-state index contributed by atoms with van der Waals surface area (Å²) < 4.78 is 58.3. The highest BCUT2D eigenvalue weighted by atomic mass is 35.5. The molecule has 270 valence electrons. The Morgan fingerprint density at radius 3 is 1.69 bits per heavy atom. The highest BCUT2D eigenvalue weighted by molar-refractivity contribution is 7.92. The Hall–Kier alpha value is -2.09. The van der Waals surface area contributed by atoms with Gasteiger partial charge in [0.05, 0.1) is 26.2 Å². The number of nitrogen functional groups attached to an aromatic ring is 1. The Morgan fingerprint density at radius 2 is 1.22 bits per heavy atom. The zero-order valence-corrected chi connectivity index (χ0v) is 32.1. The number of phenols is 1. The van der Waals surface area contributed by atoms with Crippen molar-refractivity contribution < 1.29 is 26.4 Å². The van der Waals surface area contributed by atoms with Crippen LogP contribution in [0.1, 0.15) is 78.0 Å². The molecule has 2 aliphatic heterocycles. The molecule has 2 spiro atoms. The van der Waals surface area contributed by atoms with E-state index in [0.717, 1.165) is 64.7 Å². The van der Waals surface area contributed by atoms with E-state index in [-0.39, 0.29) is 47.0 Å². The first kappa shape index (κ1) is 36.7. The molecule has 10 nitrogen and oxygen atoms in total. The number of piperidine rings is 2. The van der Waals surface area contributed by atoms with Crippen LogP contribution < -0.4 is 5.73 Å². The number of benzene rings is 2. The number of rotatable bonds is 4. The van der Waals surface area contributed by atoms with Gasteiger partial charge in [-0.05, 0) is 127 Å². The zero-order valence-electron chi connectivity index (χ0n) is 28.9. The lowest BCUT2D eigenvalue weighted by Crippen LogP contribution is -2.50. The van der Waals surface area contributed by atoms with Crippen molar-refractivity contribution in [3.63, 3.8) is 0 Å². The molecule has 2 saturated heterocycles. The molecule has 3 heterocycles. The third-order valence-electron chi connectivity index (χ3n) is 11.4. The zero-order chi connectivity index (χ0) is 35.7. The molecular formula is C35H48Cl2N4O6S2. The summed E-state index contributed by atoms with van der Waals surface area (Å²) in [4.78, 5) is 9.00. The molecule has 2 saturated carbocycles. The lowest BCUT2D eigenvalue weighted by molar-refractivity contribution is 0.0464. The summed E-state index contributed by atoms with van der Waals surface area (Å²) in [5.41, 5.74) is 6.54. The Balaban J connectivity index is 0.000000174. The van der Waals surface area contributed by atoms with E-state index in [1.54, 1.807) is 12.1 Å². The fourth-order valence-electron chi connectivity index (χ4n) is 7.95. The van der Waals surface area contributed by atoms with Crippen molar-refractivity contribution in [1.29, 1.82) is 0 Å². The molecule has 7 rings (SSSR count). The maximum Gasteiger partial charge on any atom is 0.200 e. The monoisotopic (exact) mass is 754 g/mol. The number of likely N-dealkylation sites (tertiary alicyclic amines) is 2. The van der Waals surface area contributed by atoms with Gasteiger partial charge in [-0.25, -0.2) is 21.8 Å². The minimum absolute atomic E-state index is 0.0380. The van der Waals surface area contributed by atoms with E-state index in [2.05, 4.69) is 28.9 Å². The second-order valence-electron chi connectivity index (χ2n) is 16.1. The number of oxazole rings is 1. The van der Waals surface area contributed by atoms with Gasteiger partial charge >= 0.3 is 0 Å². The number of fused-ring (bicyclic) bond motifs is 1. The number of sulfone groups is 2.